The highest BCUT2D eigenvalue weighted by molar-refractivity contribution is 9.10. The molecule has 1 unspecified atom stereocenters. The zero-order chi connectivity index (χ0) is 11.8. The SMILES string of the molecule is CCCOCCC(N)Cc1cccc(Br)c1. The zero-order valence-electron chi connectivity index (χ0n) is 9.79. The quantitative estimate of drug-likeness (QED) is 0.782. The van der Waals surface area contributed by atoms with E-state index in [9.17, 15) is 0 Å². The molecule has 16 heavy (non-hydrogen) atoms. The van der Waals surface area contributed by atoms with Crippen molar-refractivity contribution < 1.29 is 4.74 Å². The lowest BCUT2D eigenvalue weighted by molar-refractivity contribution is 0.127. The zero-order valence-corrected chi connectivity index (χ0v) is 11.4. The van der Waals surface area contributed by atoms with Crippen LogP contribution in [0.5, 0.6) is 0 Å². The summed E-state index contributed by atoms with van der Waals surface area (Å²) >= 11 is 3.46. The van der Waals surface area contributed by atoms with Gasteiger partial charge in [-0.25, -0.2) is 0 Å². The summed E-state index contributed by atoms with van der Waals surface area (Å²) in [5.74, 6) is 0. The third kappa shape index (κ3) is 5.64. The molecule has 1 aromatic carbocycles. The first-order valence-corrected chi connectivity index (χ1v) is 6.59. The lowest BCUT2D eigenvalue weighted by atomic mass is 10.0. The fourth-order valence-corrected chi connectivity index (χ4v) is 2.00. The molecule has 0 amide bonds. The van der Waals surface area contributed by atoms with E-state index >= 15 is 0 Å². The highest BCUT2D eigenvalue weighted by Gasteiger charge is 2.04. The molecule has 0 spiro atoms. The highest BCUT2D eigenvalue weighted by atomic mass is 79.9. The molecule has 90 valence electrons. The predicted octanol–water partition coefficient (Wildman–Crippen LogP) is 3.14. The number of halogens is 1. The molecule has 0 aliphatic carbocycles. The molecule has 0 radical (unpaired) electrons. The molecule has 2 nitrogen and oxygen atoms in total. The van der Waals surface area contributed by atoms with Gasteiger partial charge in [-0.05, 0) is 37.0 Å². The van der Waals surface area contributed by atoms with Crippen LogP contribution in [0.4, 0.5) is 0 Å². The van der Waals surface area contributed by atoms with E-state index in [-0.39, 0.29) is 6.04 Å². The van der Waals surface area contributed by atoms with Crippen LogP contribution in [0.3, 0.4) is 0 Å². The second-order valence-corrected chi connectivity index (χ2v) is 4.91. The molecule has 3 heteroatoms. The molecule has 0 aliphatic rings. The summed E-state index contributed by atoms with van der Waals surface area (Å²) in [4.78, 5) is 0. The molecule has 1 aromatic rings. The number of ether oxygens (including phenoxy) is 1. The van der Waals surface area contributed by atoms with E-state index in [2.05, 4.69) is 35.0 Å². The predicted molar refractivity (Wildman–Crippen MR) is 71.5 cm³/mol. The van der Waals surface area contributed by atoms with Crippen molar-refractivity contribution in [3.63, 3.8) is 0 Å². The van der Waals surface area contributed by atoms with Crippen molar-refractivity contribution in [2.45, 2.75) is 32.2 Å². The van der Waals surface area contributed by atoms with Gasteiger partial charge in [-0.3, -0.25) is 0 Å². The van der Waals surface area contributed by atoms with Gasteiger partial charge in [-0.15, -0.1) is 0 Å². The van der Waals surface area contributed by atoms with E-state index in [0.717, 1.165) is 36.9 Å². The second-order valence-electron chi connectivity index (χ2n) is 4.00. The van der Waals surface area contributed by atoms with Gasteiger partial charge < -0.3 is 10.5 Å². The molecule has 2 N–H and O–H groups in total. The van der Waals surface area contributed by atoms with Gasteiger partial charge >= 0.3 is 0 Å². The Morgan fingerprint density at radius 1 is 1.38 bits per heavy atom. The molecule has 1 atom stereocenters. The summed E-state index contributed by atoms with van der Waals surface area (Å²) in [5.41, 5.74) is 7.32. The smallest absolute Gasteiger partial charge is 0.0480 e. The number of hydrogen-bond acceptors (Lipinski definition) is 2. The Morgan fingerprint density at radius 2 is 2.19 bits per heavy atom. The monoisotopic (exact) mass is 285 g/mol. The van der Waals surface area contributed by atoms with Gasteiger partial charge in [0.1, 0.15) is 0 Å². The minimum atomic E-state index is 0.186. The first-order valence-electron chi connectivity index (χ1n) is 5.80. The van der Waals surface area contributed by atoms with Gasteiger partial charge in [0, 0.05) is 23.7 Å². The molecular formula is C13H20BrNO. The van der Waals surface area contributed by atoms with Gasteiger partial charge in [0.15, 0.2) is 0 Å². The molecular weight excluding hydrogens is 266 g/mol. The van der Waals surface area contributed by atoms with Crippen LogP contribution in [0.2, 0.25) is 0 Å². The maximum Gasteiger partial charge on any atom is 0.0480 e. The normalized spacial score (nSPS) is 12.7. The van der Waals surface area contributed by atoms with Crippen LogP contribution in [-0.4, -0.2) is 19.3 Å². The number of hydrogen-bond donors (Lipinski definition) is 1. The Balaban J connectivity index is 2.25. The van der Waals surface area contributed by atoms with Crippen molar-refractivity contribution in [3.05, 3.63) is 34.3 Å². The first kappa shape index (κ1) is 13.7. The van der Waals surface area contributed by atoms with Crippen molar-refractivity contribution in [2.75, 3.05) is 13.2 Å². The Kier molecular flexibility index (Phi) is 6.69. The summed E-state index contributed by atoms with van der Waals surface area (Å²) in [6, 6.07) is 8.48. The molecule has 0 fully saturated rings. The van der Waals surface area contributed by atoms with E-state index in [1.165, 1.54) is 5.56 Å². The van der Waals surface area contributed by atoms with Crippen LogP contribution < -0.4 is 5.73 Å². The Bertz CT molecular complexity index is 304. The van der Waals surface area contributed by atoms with Crippen LogP contribution in [0, 0.1) is 0 Å². The van der Waals surface area contributed by atoms with Gasteiger partial charge in [0.05, 0.1) is 0 Å². The summed E-state index contributed by atoms with van der Waals surface area (Å²) in [7, 11) is 0. The molecule has 0 bridgehead atoms. The van der Waals surface area contributed by atoms with E-state index in [1.807, 2.05) is 12.1 Å². The topological polar surface area (TPSA) is 35.2 Å². The highest BCUT2D eigenvalue weighted by Crippen LogP contribution is 2.13. The van der Waals surface area contributed by atoms with E-state index in [1.54, 1.807) is 0 Å². The standard InChI is InChI=1S/C13H20BrNO/c1-2-7-16-8-6-13(15)10-11-4-3-5-12(14)9-11/h3-5,9,13H,2,6-8,10,15H2,1H3. The Morgan fingerprint density at radius 3 is 2.88 bits per heavy atom. The van der Waals surface area contributed by atoms with Crippen LogP contribution in [0.15, 0.2) is 28.7 Å². The molecule has 0 aromatic heterocycles. The maximum atomic E-state index is 6.04. The third-order valence-electron chi connectivity index (χ3n) is 2.37. The van der Waals surface area contributed by atoms with Gasteiger partial charge in [0.2, 0.25) is 0 Å². The van der Waals surface area contributed by atoms with E-state index in [0.29, 0.717) is 0 Å². The number of rotatable bonds is 7. The maximum absolute atomic E-state index is 6.04. The first-order chi connectivity index (χ1) is 7.72. The Hall–Kier alpha value is -0.380. The third-order valence-corrected chi connectivity index (χ3v) is 2.86. The van der Waals surface area contributed by atoms with Gasteiger partial charge in [-0.2, -0.15) is 0 Å². The van der Waals surface area contributed by atoms with Crippen LogP contribution >= 0.6 is 15.9 Å². The summed E-state index contributed by atoms with van der Waals surface area (Å²) < 4.78 is 6.54. The van der Waals surface area contributed by atoms with Crippen LogP contribution in [-0.2, 0) is 11.2 Å². The molecule has 1 rings (SSSR count). The van der Waals surface area contributed by atoms with Crippen molar-refractivity contribution in [1.82, 2.24) is 0 Å². The molecule has 0 aliphatic heterocycles. The largest absolute Gasteiger partial charge is 0.381 e. The van der Waals surface area contributed by atoms with Crippen LogP contribution in [0.1, 0.15) is 25.3 Å². The van der Waals surface area contributed by atoms with Crippen LogP contribution in [0.25, 0.3) is 0 Å². The van der Waals surface area contributed by atoms with Gasteiger partial charge in [0.25, 0.3) is 0 Å². The number of benzene rings is 1. The average molecular weight is 286 g/mol. The molecule has 0 saturated carbocycles. The lowest BCUT2D eigenvalue weighted by Crippen LogP contribution is -2.24. The average Bonchev–Trinajstić information content (AvgIpc) is 2.24. The van der Waals surface area contributed by atoms with Crippen molar-refractivity contribution in [1.29, 1.82) is 0 Å². The van der Waals surface area contributed by atoms with Gasteiger partial charge in [-0.1, -0.05) is 35.0 Å². The van der Waals surface area contributed by atoms with E-state index in [4.69, 9.17) is 10.5 Å². The summed E-state index contributed by atoms with van der Waals surface area (Å²) in [6.45, 7) is 3.72. The fourth-order valence-electron chi connectivity index (χ4n) is 1.55. The van der Waals surface area contributed by atoms with E-state index < -0.39 is 0 Å². The molecule has 0 saturated heterocycles. The fraction of sp³-hybridized carbons (Fsp3) is 0.538. The minimum absolute atomic E-state index is 0.186. The molecule has 0 heterocycles. The summed E-state index contributed by atoms with van der Waals surface area (Å²) in [6.07, 6.45) is 2.91. The lowest BCUT2D eigenvalue weighted by Gasteiger charge is -2.11. The van der Waals surface area contributed by atoms with Crippen molar-refractivity contribution in [3.8, 4) is 0 Å². The summed E-state index contributed by atoms with van der Waals surface area (Å²) in [5, 5.41) is 0. The van der Waals surface area contributed by atoms with Crippen molar-refractivity contribution >= 4 is 15.9 Å². The number of nitrogens with two attached hydrogens (primary N) is 1. The van der Waals surface area contributed by atoms with Crippen molar-refractivity contribution in [2.24, 2.45) is 5.73 Å². The minimum Gasteiger partial charge on any atom is -0.381 e. The second kappa shape index (κ2) is 7.82. The Labute approximate surface area is 106 Å².